The number of likely N-dealkylation sites (tertiary alicyclic amines) is 1. The van der Waals surface area contributed by atoms with E-state index in [9.17, 15) is 4.79 Å². The number of nitrogens with two attached hydrogens (primary N) is 1. The second-order valence-corrected chi connectivity index (χ2v) is 8.77. The number of piperidine rings is 1. The molecular formula is C20H24N4O3S. The molecule has 5 rings (SSSR count). The number of hydrogen-bond acceptors (Lipinski definition) is 7. The van der Waals surface area contributed by atoms with Crippen LogP contribution >= 0.6 is 11.3 Å². The van der Waals surface area contributed by atoms with Gasteiger partial charge in [0.25, 0.3) is 5.91 Å². The molecule has 7 nitrogen and oxygen atoms in total. The van der Waals surface area contributed by atoms with E-state index in [1.807, 2.05) is 4.90 Å². The fraction of sp³-hybridized carbons (Fsp3) is 0.550. The summed E-state index contributed by atoms with van der Waals surface area (Å²) in [4.78, 5) is 25.3. The Morgan fingerprint density at radius 3 is 2.75 bits per heavy atom. The smallest absolute Gasteiger partial charge is 0.251 e. The number of amides is 1. The van der Waals surface area contributed by atoms with E-state index >= 15 is 0 Å². The Hall–Kier alpha value is -2.03. The number of aromatic nitrogens is 2. The summed E-state index contributed by atoms with van der Waals surface area (Å²) in [6, 6.07) is 2.24. The maximum absolute atomic E-state index is 12.7. The summed E-state index contributed by atoms with van der Waals surface area (Å²) >= 11 is 1.76. The van der Waals surface area contributed by atoms with E-state index in [0.29, 0.717) is 6.61 Å². The van der Waals surface area contributed by atoms with Crippen molar-refractivity contribution in [2.45, 2.75) is 43.8 Å². The highest BCUT2D eigenvalue weighted by Crippen LogP contribution is 2.47. The van der Waals surface area contributed by atoms with E-state index < -0.39 is 0 Å². The first-order valence-electron chi connectivity index (χ1n) is 9.90. The summed E-state index contributed by atoms with van der Waals surface area (Å²) in [6.45, 7) is 2.86. The molecule has 8 heteroatoms. The minimum absolute atomic E-state index is 0.147. The molecule has 0 aliphatic carbocycles. The Morgan fingerprint density at radius 2 is 2.04 bits per heavy atom. The summed E-state index contributed by atoms with van der Waals surface area (Å²) in [5.74, 6) is 0.433. The molecule has 1 amide bonds. The van der Waals surface area contributed by atoms with Crippen molar-refractivity contribution in [1.82, 2.24) is 14.9 Å². The summed E-state index contributed by atoms with van der Waals surface area (Å²) < 4.78 is 11.9. The number of hydrogen-bond donors (Lipinski definition) is 1. The molecule has 148 valence electrons. The second-order valence-electron chi connectivity index (χ2n) is 7.71. The van der Waals surface area contributed by atoms with Crippen LogP contribution in [0.5, 0.6) is 0 Å². The van der Waals surface area contributed by atoms with E-state index in [1.54, 1.807) is 23.7 Å². The van der Waals surface area contributed by atoms with Gasteiger partial charge in [0.05, 0.1) is 6.61 Å². The molecule has 0 saturated carbocycles. The number of anilines is 1. The van der Waals surface area contributed by atoms with Crippen molar-refractivity contribution in [2.24, 2.45) is 0 Å². The lowest BCUT2D eigenvalue weighted by Gasteiger charge is -2.44. The van der Waals surface area contributed by atoms with Crippen LogP contribution in [0.2, 0.25) is 0 Å². The van der Waals surface area contributed by atoms with Gasteiger partial charge >= 0.3 is 0 Å². The van der Waals surface area contributed by atoms with Gasteiger partial charge in [-0.2, -0.15) is 0 Å². The van der Waals surface area contributed by atoms with Crippen molar-refractivity contribution in [3.8, 4) is 10.4 Å². The van der Waals surface area contributed by atoms with Crippen molar-refractivity contribution in [3.05, 3.63) is 28.9 Å². The van der Waals surface area contributed by atoms with Crippen LogP contribution in [0, 0.1) is 0 Å². The normalized spacial score (nSPS) is 23.7. The van der Waals surface area contributed by atoms with Crippen LogP contribution < -0.4 is 5.73 Å². The first-order chi connectivity index (χ1) is 13.6. The van der Waals surface area contributed by atoms with E-state index in [0.717, 1.165) is 62.2 Å². The molecular weight excluding hydrogens is 376 g/mol. The summed E-state index contributed by atoms with van der Waals surface area (Å²) in [7, 11) is 0. The highest BCUT2D eigenvalue weighted by atomic mass is 32.1. The van der Waals surface area contributed by atoms with Gasteiger partial charge in [-0.3, -0.25) is 4.79 Å². The number of thiophene rings is 1. The summed E-state index contributed by atoms with van der Waals surface area (Å²) in [5, 5.41) is 0. The van der Waals surface area contributed by atoms with Crippen molar-refractivity contribution in [3.63, 3.8) is 0 Å². The van der Waals surface area contributed by atoms with Gasteiger partial charge in [-0.25, -0.2) is 9.97 Å². The van der Waals surface area contributed by atoms with Gasteiger partial charge in [0, 0.05) is 47.4 Å². The van der Waals surface area contributed by atoms with Crippen molar-refractivity contribution in [2.75, 3.05) is 32.0 Å². The fourth-order valence-corrected chi connectivity index (χ4v) is 5.85. The predicted octanol–water partition coefficient (Wildman–Crippen LogP) is 2.36. The summed E-state index contributed by atoms with van der Waals surface area (Å²) in [6.07, 6.45) is 7.71. The molecule has 3 aliphatic rings. The molecule has 0 aromatic carbocycles. The monoisotopic (exact) mass is 400 g/mol. The van der Waals surface area contributed by atoms with Gasteiger partial charge in [0.2, 0.25) is 5.95 Å². The van der Waals surface area contributed by atoms with Crippen molar-refractivity contribution < 1.29 is 14.3 Å². The zero-order valence-electron chi connectivity index (χ0n) is 15.7. The Labute approximate surface area is 167 Å². The number of carbonyl (C=O) groups excluding carboxylic acids is 1. The SMILES string of the molecule is Nc1ncc(-c2cc3c(s2)C2(CCN(C(=O)C4CCCO4)CC2)OCC3)cn1. The maximum Gasteiger partial charge on any atom is 0.251 e. The number of nitrogen functional groups attached to an aromatic ring is 1. The topological polar surface area (TPSA) is 90.6 Å². The molecule has 2 fully saturated rings. The van der Waals surface area contributed by atoms with Gasteiger partial charge in [-0.05, 0) is 43.7 Å². The molecule has 3 aliphatic heterocycles. The first-order valence-corrected chi connectivity index (χ1v) is 10.7. The Bertz CT molecular complexity index is 868. The third kappa shape index (κ3) is 3.09. The van der Waals surface area contributed by atoms with Crippen molar-refractivity contribution >= 4 is 23.2 Å². The minimum atomic E-state index is -0.279. The van der Waals surface area contributed by atoms with E-state index in [2.05, 4.69) is 16.0 Å². The lowest BCUT2D eigenvalue weighted by molar-refractivity contribution is -0.149. The molecule has 1 unspecified atom stereocenters. The summed E-state index contributed by atoms with van der Waals surface area (Å²) in [5.41, 5.74) is 7.67. The lowest BCUT2D eigenvalue weighted by atomic mass is 9.85. The number of ether oxygens (including phenoxy) is 2. The quantitative estimate of drug-likeness (QED) is 0.832. The minimum Gasteiger partial charge on any atom is -0.369 e. The molecule has 5 heterocycles. The van der Waals surface area contributed by atoms with E-state index in [1.165, 1.54) is 10.4 Å². The number of nitrogens with zero attached hydrogens (tertiary/aromatic N) is 3. The number of fused-ring (bicyclic) bond motifs is 2. The Morgan fingerprint density at radius 1 is 1.25 bits per heavy atom. The fourth-order valence-electron chi connectivity index (χ4n) is 4.47. The second kappa shape index (κ2) is 7.09. The molecule has 2 aromatic heterocycles. The van der Waals surface area contributed by atoms with Crippen LogP contribution in [0.3, 0.4) is 0 Å². The van der Waals surface area contributed by atoms with Crippen LogP contribution in [0.1, 0.15) is 36.1 Å². The Balaban J connectivity index is 1.36. The molecule has 28 heavy (non-hydrogen) atoms. The third-order valence-electron chi connectivity index (χ3n) is 6.02. The number of rotatable bonds is 2. The molecule has 2 N–H and O–H groups in total. The average molecular weight is 401 g/mol. The molecule has 0 radical (unpaired) electrons. The molecule has 1 atom stereocenters. The average Bonchev–Trinajstić information content (AvgIpc) is 3.40. The Kier molecular flexibility index (Phi) is 4.57. The largest absolute Gasteiger partial charge is 0.369 e. The van der Waals surface area contributed by atoms with E-state index in [-0.39, 0.29) is 23.6 Å². The van der Waals surface area contributed by atoms with Gasteiger partial charge in [-0.15, -0.1) is 11.3 Å². The first kappa shape index (κ1) is 18.0. The van der Waals surface area contributed by atoms with Crippen LogP contribution in [0.4, 0.5) is 5.95 Å². The molecule has 0 bridgehead atoms. The van der Waals surface area contributed by atoms with Crippen LogP contribution in [-0.4, -0.2) is 53.2 Å². The zero-order chi connectivity index (χ0) is 19.1. The van der Waals surface area contributed by atoms with Crippen LogP contribution in [-0.2, 0) is 26.3 Å². The van der Waals surface area contributed by atoms with Crippen LogP contribution in [0.25, 0.3) is 10.4 Å². The zero-order valence-corrected chi connectivity index (χ0v) is 16.5. The number of carbonyl (C=O) groups is 1. The van der Waals surface area contributed by atoms with E-state index in [4.69, 9.17) is 15.2 Å². The highest BCUT2D eigenvalue weighted by molar-refractivity contribution is 7.15. The van der Waals surface area contributed by atoms with Gasteiger partial charge in [0.15, 0.2) is 0 Å². The van der Waals surface area contributed by atoms with Gasteiger partial charge < -0.3 is 20.1 Å². The standard InChI is InChI=1S/C20H24N4O3S/c21-19-22-11-14(12-23-19)16-10-13-3-9-27-20(17(13)28-16)4-6-24(7-5-20)18(25)15-2-1-8-26-15/h10-12,15H,1-9H2,(H2,21,22,23). The van der Waals surface area contributed by atoms with Gasteiger partial charge in [0.1, 0.15) is 11.7 Å². The molecule has 2 aromatic rings. The highest BCUT2D eigenvalue weighted by Gasteiger charge is 2.44. The molecule has 1 spiro atoms. The van der Waals surface area contributed by atoms with Crippen LogP contribution in [0.15, 0.2) is 18.5 Å². The van der Waals surface area contributed by atoms with Gasteiger partial charge in [-0.1, -0.05) is 0 Å². The maximum atomic E-state index is 12.7. The molecule has 2 saturated heterocycles. The lowest BCUT2D eigenvalue weighted by Crippen LogP contribution is -2.50. The predicted molar refractivity (Wildman–Crippen MR) is 106 cm³/mol. The third-order valence-corrected chi connectivity index (χ3v) is 7.43. The van der Waals surface area contributed by atoms with Crippen molar-refractivity contribution in [1.29, 1.82) is 0 Å².